The van der Waals surface area contributed by atoms with Crippen molar-refractivity contribution in [1.29, 1.82) is 0 Å². The van der Waals surface area contributed by atoms with Crippen LogP contribution in [0.25, 0.3) is 0 Å². The second kappa shape index (κ2) is 5.50. The highest BCUT2D eigenvalue weighted by atomic mass is 35.5. The van der Waals surface area contributed by atoms with Crippen molar-refractivity contribution in [2.24, 2.45) is 5.92 Å². The van der Waals surface area contributed by atoms with E-state index in [9.17, 15) is 5.11 Å². The SMILES string of the molecule is CC1CCCN(c2ccc([C@H](C)O)cc2Cl)C1C. The van der Waals surface area contributed by atoms with Crippen LogP contribution in [0.4, 0.5) is 5.69 Å². The van der Waals surface area contributed by atoms with Gasteiger partial charge in [-0.05, 0) is 50.3 Å². The molecule has 0 saturated carbocycles. The van der Waals surface area contributed by atoms with E-state index >= 15 is 0 Å². The number of halogens is 1. The summed E-state index contributed by atoms with van der Waals surface area (Å²) in [6.45, 7) is 7.40. The summed E-state index contributed by atoms with van der Waals surface area (Å²) in [7, 11) is 0. The Hall–Kier alpha value is -0.730. The lowest BCUT2D eigenvalue weighted by Crippen LogP contribution is -2.42. The van der Waals surface area contributed by atoms with E-state index in [1.165, 1.54) is 12.8 Å². The number of benzene rings is 1. The number of hydrogen-bond acceptors (Lipinski definition) is 2. The van der Waals surface area contributed by atoms with Gasteiger partial charge in [0.25, 0.3) is 0 Å². The highest BCUT2D eigenvalue weighted by Gasteiger charge is 2.26. The maximum Gasteiger partial charge on any atom is 0.0762 e. The molecule has 1 aliphatic rings. The van der Waals surface area contributed by atoms with Crippen molar-refractivity contribution in [3.05, 3.63) is 28.8 Å². The van der Waals surface area contributed by atoms with Crippen molar-refractivity contribution in [2.45, 2.75) is 45.8 Å². The van der Waals surface area contributed by atoms with Gasteiger partial charge in [-0.3, -0.25) is 0 Å². The second-order valence-electron chi connectivity index (χ2n) is 5.44. The number of piperidine rings is 1. The third kappa shape index (κ3) is 2.65. The van der Waals surface area contributed by atoms with Gasteiger partial charge in [0.1, 0.15) is 0 Å². The fourth-order valence-electron chi connectivity index (χ4n) is 2.69. The summed E-state index contributed by atoms with van der Waals surface area (Å²) in [5.41, 5.74) is 1.97. The fraction of sp³-hybridized carbons (Fsp3) is 0.600. The average molecular weight is 268 g/mol. The zero-order valence-electron chi connectivity index (χ0n) is 11.4. The third-order valence-corrected chi connectivity index (χ3v) is 4.44. The first-order valence-corrected chi connectivity index (χ1v) is 7.12. The topological polar surface area (TPSA) is 23.5 Å². The summed E-state index contributed by atoms with van der Waals surface area (Å²) >= 11 is 6.37. The number of hydrogen-bond donors (Lipinski definition) is 1. The molecule has 0 aliphatic carbocycles. The Bertz CT molecular complexity index is 419. The maximum absolute atomic E-state index is 9.57. The van der Waals surface area contributed by atoms with Crippen LogP contribution >= 0.6 is 11.6 Å². The lowest BCUT2D eigenvalue weighted by atomic mass is 9.91. The van der Waals surface area contributed by atoms with Crippen molar-refractivity contribution < 1.29 is 5.11 Å². The van der Waals surface area contributed by atoms with Crippen molar-refractivity contribution in [3.63, 3.8) is 0 Å². The largest absolute Gasteiger partial charge is 0.389 e. The molecule has 0 amide bonds. The second-order valence-corrected chi connectivity index (χ2v) is 5.85. The van der Waals surface area contributed by atoms with Crippen LogP contribution in [0, 0.1) is 5.92 Å². The Kier molecular flexibility index (Phi) is 4.18. The molecule has 18 heavy (non-hydrogen) atoms. The first-order valence-electron chi connectivity index (χ1n) is 6.75. The van der Waals surface area contributed by atoms with E-state index in [1.54, 1.807) is 6.92 Å². The summed E-state index contributed by atoms with van der Waals surface area (Å²) < 4.78 is 0. The van der Waals surface area contributed by atoms with Gasteiger partial charge in [-0.2, -0.15) is 0 Å². The highest BCUT2D eigenvalue weighted by molar-refractivity contribution is 6.33. The predicted molar refractivity (Wildman–Crippen MR) is 77.3 cm³/mol. The lowest BCUT2D eigenvalue weighted by Gasteiger charge is -2.40. The maximum atomic E-state index is 9.57. The van der Waals surface area contributed by atoms with Crippen molar-refractivity contribution >= 4 is 17.3 Å². The Morgan fingerprint density at radius 3 is 2.72 bits per heavy atom. The molecular formula is C15H22ClNO. The Morgan fingerprint density at radius 1 is 1.39 bits per heavy atom. The molecule has 2 nitrogen and oxygen atoms in total. The van der Waals surface area contributed by atoms with Crippen LogP contribution in [0.2, 0.25) is 5.02 Å². The Morgan fingerprint density at radius 2 is 2.11 bits per heavy atom. The van der Waals surface area contributed by atoms with E-state index in [-0.39, 0.29) is 0 Å². The molecule has 2 unspecified atom stereocenters. The van der Waals surface area contributed by atoms with Crippen LogP contribution in [0.15, 0.2) is 18.2 Å². The zero-order chi connectivity index (χ0) is 13.3. The Balaban J connectivity index is 2.27. The summed E-state index contributed by atoms with van der Waals surface area (Å²) in [4.78, 5) is 2.39. The minimum Gasteiger partial charge on any atom is -0.389 e. The molecule has 1 aliphatic heterocycles. The van der Waals surface area contributed by atoms with E-state index in [0.29, 0.717) is 12.0 Å². The summed E-state index contributed by atoms with van der Waals surface area (Å²) in [6, 6.07) is 6.42. The quantitative estimate of drug-likeness (QED) is 0.875. The number of anilines is 1. The van der Waals surface area contributed by atoms with E-state index < -0.39 is 6.10 Å². The van der Waals surface area contributed by atoms with Crippen LogP contribution < -0.4 is 4.90 Å². The summed E-state index contributed by atoms with van der Waals surface area (Å²) in [6.07, 6.45) is 2.05. The van der Waals surface area contributed by atoms with Gasteiger partial charge in [0.2, 0.25) is 0 Å². The zero-order valence-corrected chi connectivity index (χ0v) is 12.1. The van der Waals surface area contributed by atoms with Gasteiger partial charge >= 0.3 is 0 Å². The number of rotatable bonds is 2. The van der Waals surface area contributed by atoms with Crippen molar-refractivity contribution in [3.8, 4) is 0 Å². The van der Waals surface area contributed by atoms with Crippen LogP contribution in [-0.2, 0) is 0 Å². The lowest BCUT2D eigenvalue weighted by molar-refractivity contribution is 0.199. The molecule has 3 atom stereocenters. The van der Waals surface area contributed by atoms with Crippen LogP contribution in [0.3, 0.4) is 0 Å². The normalized spacial score (nSPS) is 26.2. The van der Waals surface area contributed by atoms with Crippen LogP contribution in [0.5, 0.6) is 0 Å². The van der Waals surface area contributed by atoms with Gasteiger partial charge in [-0.25, -0.2) is 0 Å². The molecule has 1 aromatic carbocycles. The third-order valence-electron chi connectivity index (χ3n) is 4.14. The average Bonchev–Trinajstić information content (AvgIpc) is 2.33. The van der Waals surface area contributed by atoms with Gasteiger partial charge in [0.15, 0.2) is 0 Å². The van der Waals surface area contributed by atoms with Gasteiger partial charge in [0, 0.05) is 12.6 Å². The molecule has 1 fully saturated rings. The van der Waals surface area contributed by atoms with Crippen LogP contribution in [0.1, 0.15) is 45.3 Å². The fourth-order valence-corrected chi connectivity index (χ4v) is 2.99. The number of nitrogens with zero attached hydrogens (tertiary/aromatic N) is 1. The van der Waals surface area contributed by atoms with Crippen molar-refractivity contribution in [2.75, 3.05) is 11.4 Å². The minimum atomic E-state index is -0.464. The number of aliphatic hydroxyl groups is 1. The molecule has 2 rings (SSSR count). The molecule has 0 spiro atoms. The standard InChI is InChI=1S/C15H22ClNO/c1-10-5-4-8-17(11(10)2)15-7-6-13(12(3)18)9-14(15)16/h6-7,9-12,18H,4-5,8H2,1-3H3/t10?,11?,12-/m0/s1. The summed E-state index contributed by atoms with van der Waals surface area (Å²) in [5, 5.41) is 10.3. The molecule has 1 N–H and O–H groups in total. The van der Waals surface area contributed by atoms with Crippen LogP contribution in [-0.4, -0.2) is 17.7 Å². The monoisotopic (exact) mass is 267 g/mol. The van der Waals surface area contributed by atoms with E-state index in [0.717, 1.165) is 22.8 Å². The first-order chi connectivity index (χ1) is 8.50. The van der Waals surface area contributed by atoms with Gasteiger partial charge < -0.3 is 10.0 Å². The van der Waals surface area contributed by atoms with E-state index in [1.807, 2.05) is 18.2 Å². The van der Waals surface area contributed by atoms with Gasteiger partial charge in [-0.1, -0.05) is 24.6 Å². The Labute approximate surface area is 115 Å². The molecule has 0 bridgehead atoms. The van der Waals surface area contributed by atoms with Gasteiger partial charge in [-0.15, -0.1) is 0 Å². The first kappa shape index (κ1) is 13.7. The molecule has 0 aromatic heterocycles. The highest BCUT2D eigenvalue weighted by Crippen LogP contribution is 2.34. The molecule has 3 heteroatoms. The van der Waals surface area contributed by atoms with Gasteiger partial charge in [0.05, 0.1) is 16.8 Å². The molecule has 1 heterocycles. The smallest absolute Gasteiger partial charge is 0.0762 e. The molecule has 0 radical (unpaired) electrons. The van der Waals surface area contributed by atoms with E-state index in [4.69, 9.17) is 11.6 Å². The molecule has 100 valence electrons. The molecule has 1 aromatic rings. The summed E-state index contributed by atoms with van der Waals surface area (Å²) in [5.74, 6) is 0.700. The molecular weight excluding hydrogens is 246 g/mol. The minimum absolute atomic E-state index is 0.464. The van der Waals surface area contributed by atoms with E-state index in [2.05, 4.69) is 18.7 Å². The van der Waals surface area contributed by atoms with Crippen molar-refractivity contribution in [1.82, 2.24) is 0 Å². The molecule has 1 saturated heterocycles. The predicted octanol–water partition coefficient (Wildman–Crippen LogP) is 4.02. The number of aliphatic hydroxyl groups excluding tert-OH is 1.